The van der Waals surface area contributed by atoms with E-state index in [0.717, 1.165) is 23.1 Å². The quantitative estimate of drug-likeness (QED) is 0.766. The molecule has 0 spiro atoms. The third-order valence-corrected chi connectivity index (χ3v) is 5.41. The van der Waals surface area contributed by atoms with Gasteiger partial charge in [-0.05, 0) is 50.8 Å². The SMILES string of the molecule is CCC(CSC)N(C)C(C)(CN)Cc1ccc(Br)cc1. The van der Waals surface area contributed by atoms with Crippen molar-refractivity contribution in [2.75, 3.05) is 25.6 Å². The van der Waals surface area contributed by atoms with E-state index in [-0.39, 0.29) is 5.54 Å². The van der Waals surface area contributed by atoms with E-state index in [2.05, 4.69) is 72.2 Å². The van der Waals surface area contributed by atoms with Gasteiger partial charge in [0.1, 0.15) is 0 Å². The van der Waals surface area contributed by atoms with Gasteiger partial charge in [0.2, 0.25) is 0 Å². The first-order valence-electron chi connectivity index (χ1n) is 7.13. The minimum Gasteiger partial charge on any atom is -0.329 e. The molecule has 114 valence electrons. The summed E-state index contributed by atoms with van der Waals surface area (Å²) in [7, 11) is 2.22. The van der Waals surface area contributed by atoms with Crippen LogP contribution in [0, 0.1) is 0 Å². The Morgan fingerprint density at radius 1 is 1.35 bits per heavy atom. The number of hydrogen-bond donors (Lipinski definition) is 1. The first-order chi connectivity index (χ1) is 9.46. The highest BCUT2D eigenvalue weighted by molar-refractivity contribution is 9.10. The first-order valence-corrected chi connectivity index (χ1v) is 9.32. The lowest BCUT2D eigenvalue weighted by Gasteiger charge is -2.43. The third-order valence-electron chi connectivity index (χ3n) is 4.17. The lowest BCUT2D eigenvalue weighted by Crippen LogP contribution is -2.55. The van der Waals surface area contributed by atoms with Crippen molar-refractivity contribution in [2.45, 2.75) is 38.3 Å². The van der Waals surface area contributed by atoms with Gasteiger partial charge in [0.15, 0.2) is 0 Å². The van der Waals surface area contributed by atoms with Crippen molar-refractivity contribution in [3.8, 4) is 0 Å². The van der Waals surface area contributed by atoms with Gasteiger partial charge in [-0.15, -0.1) is 0 Å². The minimum atomic E-state index is 0.00420. The first kappa shape index (κ1) is 18.0. The van der Waals surface area contributed by atoms with Crippen LogP contribution in [0.4, 0.5) is 0 Å². The van der Waals surface area contributed by atoms with Gasteiger partial charge in [-0.1, -0.05) is 35.0 Å². The summed E-state index contributed by atoms with van der Waals surface area (Å²) in [5, 5.41) is 0. The predicted octanol–water partition coefficient (Wildman–Crippen LogP) is 3.78. The number of thioether (sulfide) groups is 1. The normalized spacial score (nSPS) is 16.1. The summed E-state index contributed by atoms with van der Waals surface area (Å²) < 4.78 is 1.12. The number of nitrogens with zero attached hydrogens (tertiary/aromatic N) is 1. The van der Waals surface area contributed by atoms with Gasteiger partial charge in [-0.3, -0.25) is 4.90 Å². The molecule has 2 unspecified atom stereocenters. The Kier molecular flexibility index (Phi) is 7.59. The maximum absolute atomic E-state index is 6.12. The Balaban J connectivity index is 2.86. The molecule has 4 heteroatoms. The van der Waals surface area contributed by atoms with Gasteiger partial charge in [0.25, 0.3) is 0 Å². The zero-order valence-corrected chi connectivity index (χ0v) is 15.4. The minimum absolute atomic E-state index is 0.00420. The number of halogens is 1. The fourth-order valence-electron chi connectivity index (χ4n) is 2.52. The topological polar surface area (TPSA) is 29.3 Å². The van der Waals surface area contributed by atoms with E-state index in [0.29, 0.717) is 12.6 Å². The highest BCUT2D eigenvalue weighted by atomic mass is 79.9. The average Bonchev–Trinajstić information content (AvgIpc) is 2.46. The zero-order chi connectivity index (χ0) is 15.2. The van der Waals surface area contributed by atoms with Crippen molar-refractivity contribution < 1.29 is 0 Å². The van der Waals surface area contributed by atoms with Crippen LogP contribution < -0.4 is 5.73 Å². The molecule has 2 N–H and O–H groups in total. The van der Waals surface area contributed by atoms with Crippen LogP contribution in [0.15, 0.2) is 28.7 Å². The largest absolute Gasteiger partial charge is 0.329 e. The molecule has 20 heavy (non-hydrogen) atoms. The summed E-state index contributed by atoms with van der Waals surface area (Å²) in [6, 6.07) is 9.15. The van der Waals surface area contributed by atoms with Crippen LogP contribution in [0.1, 0.15) is 25.8 Å². The smallest absolute Gasteiger partial charge is 0.0344 e. The van der Waals surface area contributed by atoms with Gasteiger partial charge in [-0.25, -0.2) is 0 Å². The zero-order valence-electron chi connectivity index (χ0n) is 13.0. The monoisotopic (exact) mass is 358 g/mol. The van der Waals surface area contributed by atoms with Crippen molar-refractivity contribution >= 4 is 27.7 Å². The number of nitrogens with two attached hydrogens (primary N) is 1. The van der Waals surface area contributed by atoms with Crippen LogP contribution in [-0.2, 0) is 6.42 Å². The van der Waals surface area contributed by atoms with Gasteiger partial charge < -0.3 is 5.73 Å². The molecule has 0 bridgehead atoms. The van der Waals surface area contributed by atoms with Gasteiger partial charge >= 0.3 is 0 Å². The predicted molar refractivity (Wildman–Crippen MR) is 95.5 cm³/mol. The van der Waals surface area contributed by atoms with Crippen molar-refractivity contribution in [1.29, 1.82) is 0 Å². The maximum Gasteiger partial charge on any atom is 0.0344 e. The van der Waals surface area contributed by atoms with E-state index < -0.39 is 0 Å². The van der Waals surface area contributed by atoms with Crippen LogP contribution >= 0.6 is 27.7 Å². The molecule has 1 aromatic rings. The van der Waals surface area contributed by atoms with Crippen LogP contribution in [0.3, 0.4) is 0 Å². The molecule has 0 saturated carbocycles. The number of rotatable bonds is 8. The highest BCUT2D eigenvalue weighted by Crippen LogP contribution is 2.24. The molecule has 0 aliphatic heterocycles. The Morgan fingerprint density at radius 3 is 2.40 bits per heavy atom. The number of likely N-dealkylation sites (N-methyl/N-ethyl adjacent to an activating group) is 1. The third kappa shape index (κ3) is 4.76. The summed E-state index contributed by atoms with van der Waals surface area (Å²) in [6.07, 6.45) is 4.32. The summed E-state index contributed by atoms with van der Waals surface area (Å²) in [4.78, 5) is 2.48. The molecule has 0 amide bonds. The summed E-state index contributed by atoms with van der Waals surface area (Å²) in [5.74, 6) is 1.16. The Labute approximate surface area is 136 Å². The number of hydrogen-bond acceptors (Lipinski definition) is 3. The van der Waals surface area contributed by atoms with Gasteiger partial charge in [0.05, 0.1) is 0 Å². The van der Waals surface area contributed by atoms with Crippen molar-refractivity contribution in [3.05, 3.63) is 34.3 Å². The Bertz CT molecular complexity index is 396. The maximum atomic E-state index is 6.12. The second-order valence-corrected chi connectivity index (χ2v) is 7.46. The van der Waals surface area contributed by atoms with Crippen molar-refractivity contribution in [1.82, 2.24) is 4.90 Å². The van der Waals surface area contributed by atoms with E-state index in [1.807, 2.05) is 11.8 Å². The Hall–Kier alpha value is -0.0300. The van der Waals surface area contributed by atoms with E-state index >= 15 is 0 Å². The van der Waals surface area contributed by atoms with Crippen LogP contribution in [0.2, 0.25) is 0 Å². The summed E-state index contributed by atoms with van der Waals surface area (Å²) in [5.41, 5.74) is 7.46. The van der Waals surface area contributed by atoms with Crippen LogP contribution in [0.5, 0.6) is 0 Å². The molecule has 1 rings (SSSR count). The standard InChI is InChI=1S/C16H27BrN2S/c1-5-15(11-20-4)19(3)16(2,12-18)10-13-6-8-14(17)9-7-13/h6-9,15H,5,10-12,18H2,1-4H3. The van der Waals surface area contributed by atoms with Crippen LogP contribution in [-0.4, -0.2) is 42.1 Å². The highest BCUT2D eigenvalue weighted by Gasteiger charge is 2.32. The van der Waals surface area contributed by atoms with E-state index in [1.54, 1.807) is 0 Å². The molecule has 0 aromatic heterocycles. The molecular formula is C16H27BrN2S. The summed E-state index contributed by atoms with van der Waals surface area (Å²) >= 11 is 5.40. The molecule has 0 aliphatic rings. The van der Waals surface area contributed by atoms with Crippen LogP contribution in [0.25, 0.3) is 0 Å². The molecular weight excluding hydrogens is 332 g/mol. The van der Waals surface area contributed by atoms with E-state index in [9.17, 15) is 0 Å². The lowest BCUT2D eigenvalue weighted by molar-refractivity contribution is 0.100. The van der Waals surface area contributed by atoms with E-state index in [4.69, 9.17) is 5.73 Å². The van der Waals surface area contributed by atoms with E-state index in [1.165, 1.54) is 5.56 Å². The molecule has 0 aliphatic carbocycles. The fraction of sp³-hybridized carbons (Fsp3) is 0.625. The van der Waals surface area contributed by atoms with Gasteiger partial charge in [0, 0.05) is 28.4 Å². The molecule has 2 atom stereocenters. The summed E-state index contributed by atoms with van der Waals surface area (Å²) in [6.45, 7) is 5.20. The molecule has 0 saturated heterocycles. The molecule has 0 radical (unpaired) electrons. The second kappa shape index (κ2) is 8.42. The lowest BCUT2D eigenvalue weighted by atomic mass is 9.90. The molecule has 2 nitrogen and oxygen atoms in total. The average molecular weight is 359 g/mol. The van der Waals surface area contributed by atoms with Crippen molar-refractivity contribution in [2.24, 2.45) is 5.73 Å². The Morgan fingerprint density at radius 2 is 1.95 bits per heavy atom. The van der Waals surface area contributed by atoms with Crippen molar-refractivity contribution in [3.63, 3.8) is 0 Å². The molecule has 0 fully saturated rings. The van der Waals surface area contributed by atoms with Gasteiger partial charge in [-0.2, -0.15) is 11.8 Å². The fourth-order valence-corrected chi connectivity index (χ4v) is 3.63. The second-order valence-electron chi connectivity index (χ2n) is 5.63. The number of benzene rings is 1. The molecule has 1 aromatic carbocycles. The molecule has 0 heterocycles.